The van der Waals surface area contributed by atoms with Crippen LogP contribution in [0.1, 0.15) is 18.4 Å². The van der Waals surface area contributed by atoms with E-state index in [9.17, 15) is 4.79 Å². The maximum absolute atomic E-state index is 11.1. The minimum absolute atomic E-state index is 0.0882. The first-order chi connectivity index (χ1) is 10.2. The minimum Gasteiger partial charge on any atom is -0.493 e. The van der Waals surface area contributed by atoms with Crippen molar-refractivity contribution >= 4 is 27.5 Å². The van der Waals surface area contributed by atoms with Crippen LogP contribution in [0.4, 0.5) is 5.69 Å². The number of benzene rings is 2. The molecule has 110 valence electrons. The van der Waals surface area contributed by atoms with Gasteiger partial charge in [-0.1, -0.05) is 52.3 Å². The maximum atomic E-state index is 11.1. The zero-order valence-corrected chi connectivity index (χ0v) is 13.5. The molecule has 1 atom stereocenters. The van der Waals surface area contributed by atoms with Gasteiger partial charge in [-0.2, -0.15) is 0 Å². The normalized spacial score (nSPS) is 11.7. The van der Waals surface area contributed by atoms with Crippen LogP contribution in [0, 0.1) is 0 Å². The van der Waals surface area contributed by atoms with Gasteiger partial charge >= 0.3 is 0 Å². The molecule has 0 bridgehead atoms. The van der Waals surface area contributed by atoms with E-state index in [-0.39, 0.29) is 11.8 Å². The van der Waals surface area contributed by atoms with Crippen molar-refractivity contribution in [1.29, 1.82) is 0 Å². The van der Waals surface area contributed by atoms with Crippen LogP contribution in [-0.4, -0.2) is 17.8 Å². The van der Waals surface area contributed by atoms with Gasteiger partial charge in [0, 0.05) is 29.9 Å². The van der Waals surface area contributed by atoms with Crippen LogP contribution in [-0.2, 0) is 4.79 Å². The third-order valence-corrected chi connectivity index (χ3v) is 3.84. The molecule has 0 heterocycles. The van der Waals surface area contributed by atoms with Gasteiger partial charge in [0.1, 0.15) is 5.75 Å². The summed E-state index contributed by atoms with van der Waals surface area (Å²) in [6, 6.07) is 17.7. The Hall–Kier alpha value is -1.81. The van der Waals surface area contributed by atoms with Crippen LogP contribution >= 0.6 is 15.9 Å². The molecular weight excluding hydrogens is 330 g/mol. The van der Waals surface area contributed by atoms with Gasteiger partial charge in [-0.05, 0) is 17.7 Å². The van der Waals surface area contributed by atoms with Crippen LogP contribution < -0.4 is 10.1 Å². The first-order valence-electron chi connectivity index (χ1n) is 6.80. The summed E-state index contributed by atoms with van der Waals surface area (Å²) in [7, 11) is 0. The molecule has 21 heavy (non-hydrogen) atoms. The van der Waals surface area contributed by atoms with E-state index >= 15 is 0 Å². The SMILES string of the molecule is CC(=O)Nc1cccc(OCC(CBr)c2ccccc2)c1. The monoisotopic (exact) mass is 347 g/mol. The number of carbonyl (C=O) groups is 1. The number of carbonyl (C=O) groups excluding carboxylic acids is 1. The molecular formula is C17H18BrNO2. The van der Waals surface area contributed by atoms with Gasteiger partial charge in [0.25, 0.3) is 0 Å². The fourth-order valence-corrected chi connectivity index (χ4v) is 2.58. The number of nitrogens with one attached hydrogen (secondary N) is 1. The zero-order valence-electron chi connectivity index (χ0n) is 11.9. The summed E-state index contributed by atoms with van der Waals surface area (Å²) in [4.78, 5) is 11.1. The molecule has 4 heteroatoms. The maximum Gasteiger partial charge on any atom is 0.221 e. The van der Waals surface area contributed by atoms with E-state index in [1.165, 1.54) is 12.5 Å². The van der Waals surface area contributed by atoms with E-state index in [0.717, 1.165) is 16.8 Å². The van der Waals surface area contributed by atoms with E-state index in [2.05, 4.69) is 33.4 Å². The number of rotatable bonds is 6. The Bertz CT molecular complexity index is 586. The highest BCUT2D eigenvalue weighted by atomic mass is 79.9. The highest BCUT2D eigenvalue weighted by Gasteiger charge is 2.11. The van der Waals surface area contributed by atoms with Gasteiger partial charge in [0.05, 0.1) is 6.61 Å². The second-order valence-electron chi connectivity index (χ2n) is 4.78. The molecule has 2 rings (SSSR count). The molecule has 1 unspecified atom stereocenters. The predicted molar refractivity (Wildman–Crippen MR) is 89.2 cm³/mol. The Balaban J connectivity index is 2.00. The van der Waals surface area contributed by atoms with Gasteiger partial charge in [-0.3, -0.25) is 4.79 Å². The highest BCUT2D eigenvalue weighted by Crippen LogP contribution is 2.22. The summed E-state index contributed by atoms with van der Waals surface area (Å²) >= 11 is 3.54. The van der Waals surface area contributed by atoms with E-state index in [0.29, 0.717) is 6.61 Å². The van der Waals surface area contributed by atoms with E-state index < -0.39 is 0 Å². The van der Waals surface area contributed by atoms with Crippen molar-refractivity contribution in [1.82, 2.24) is 0 Å². The standard InChI is InChI=1S/C17H18BrNO2/c1-13(20)19-16-8-5-9-17(10-16)21-12-15(11-18)14-6-3-2-4-7-14/h2-10,15H,11-12H2,1H3,(H,19,20). The van der Waals surface area contributed by atoms with E-state index in [1.807, 2.05) is 42.5 Å². The topological polar surface area (TPSA) is 38.3 Å². The molecule has 0 aliphatic heterocycles. The molecule has 0 spiro atoms. The quantitative estimate of drug-likeness (QED) is 0.795. The molecule has 0 radical (unpaired) electrons. The lowest BCUT2D eigenvalue weighted by Crippen LogP contribution is -2.12. The smallest absolute Gasteiger partial charge is 0.221 e. The van der Waals surface area contributed by atoms with E-state index in [4.69, 9.17) is 4.74 Å². The molecule has 0 saturated carbocycles. The molecule has 0 aliphatic rings. The van der Waals surface area contributed by atoms with Crippen LogP contribution in [0.25, 0.3) is 0 Å². The molecule has 1 amide bonds. The molecule has 2 aromatic rings. The van der Waals surface area contributed by atoms with Crippen LogP contribution in [0.5, 0.6) is 5.75 Å². The van der Waals surface area contributed by atoms with Crippen molar-refractivity contribution in [3.8, 4) is 5.75 Å². The summed E-state index contributed by atoms with van der Waals surface area (Å²) in [6.45, 7) is 2.07. The average Bonchev–Trinajstić information content (AvgIpc) is 2.49. The van der Waals surface area contributed by atoms with Crippen molar-refractivity contribution in [3.05, 3.63) is 60.2 Å². The Labute approximate surface area is 133 Å². The lowest BCUT2D eigenvalue weighted by atomic mass is 10.0. The summed E-state index contributed by atoms with van der Waals surface area (Å²) in [5, 5.41) is 3.59. The van der Waals surface area contributed by atoms with Gasteiger partial charge in [-0.15, -0.1) is 0 Å². The fraction of sp³-hybridized carbons (Fsp3) is 0.235. The molecule has 1 N–H and O–H groups in total. The van der Waals surface area contributed by atoms with Crippen molar-refractivity contribution in [2.75, 3.05) is 17.3 Å². The summed E-state index contributed by atoms with van der Waals surface area (Å²) in [5.41, 5.74) is 1.99. The molecule has 0 fully saturated rings. The van der Waals surface area contributed by atoms with Crippen LogP contribution in [0.3, 0.4) is 0 Å². The zero-order chi connectivity index (χ0) is 15.1. The van der Waals surface area contributed by atoms with Crippen molar-refractivity contribution in [2.24, 2.45) is 0 Å². The number of hydrogen-bond acceptors (Lipinski definition) is 2. The third kappa shape index (κ3) is 4.90. The minimum atomic E-state index is -0.0882. The number of hydrogen-bond donors (Lipinski definition) is 1. The molecule has 3 nitrogen and oxygen atoms in total. The van der Waals surface area contributed by atoms with Gasteiger partial charge < -0.3 is 10.1 Å². The second-order valence-corrected chi connectivity index (χ2v) is 5.43. The summed E-state index contributed by atoms with van der Waals surface area (Å²) < 4.78 is 5.85. The summed E-state index contributed by atoms with van der Waals surface area (Å²) in [6.07, 6.45) is 0. The Morgan fingerprint density at radius 3 is 2.62 bits per heavy atom. The van der Waals surface area contributed by atoms with Crippen molar-refractivity contribution in [2.45, 2.75) is 12.8 Å². The molecule has 0 aliphatic carbocycles. The predicted octanol–water partition coefficient (Wildman–Crippen LogP) is 4.20. The first-order valence-corrected chi connectivity index (χ1v) is 7.92. The molecule has 0 saturated heterocycles. The van der Waals surface area contributed by atoms with Crippen LogP contribution in [0.15, 0.2) is 54.6 Å². The number of ether oxygens (including phenoxy) is 1. The lowest BCUT2D eigenvalue weighted by molar-refractivity contribution is -0.114. The fourth-order valence-electron chi connectivity index (χ4n) is 2.02. The average molecular weight is 348 g/mol. The first kappa shape index (κ1) is 15.6. The van der Waals surface area contributed by atoms with Crippen molar-refractivity contribution < 1.29 is 9.53 Å². The van der Waals surface area contributed by atoms with E-state index in [1.54, 1.807) is 0 Å². The highest BCUT2D eigenvalue weighted by molar-refractivity contribution is 9.09. The third-order valence-electron chi connectivity index (χ3n) is 3.06. The molecule has 0 aromatic heterocycles. The largest absolute Gasteiger partial charge is 0.493 e. The van der Waals surface area contributed by atoms with Crippen molar-refractivity contribution in [3.63, 3.8) is 0 Å². The Morgan fingerprint density at radius 2 is 1.95 bits per heavy atom. The number of anilines is 1. The number of alkyl halides is 1. The molecule has 2 aromatic carbocycles. The van der Waals surface area contributed by atoms with Gasteiger partial charge in [0.2, 0.25) is 5.91 Å². The van der Waals surface area contributed by atoms with Gasteiger partial charge in [0.15, 0.2) is 0 Å². The summed E-state index contributed by atoms with van der Waals surface area (Å²) in [5.74, 6) is 0.952. The Kier molecular flexibility index (Phi) is 5.81. The Morgan fingerprint density at radius 1 is 1.19 bits per heavy atom. The van der Waals surface area contributed by atoms with Gasteiger partial charge in [-0.25, -0.2) is 0 Å². The number of amides is 1. The lowest BCUT2D eigenvalue weighted by Gasteiger charge is -2.16. The van der Waals surface area contributed by atoms with Crippen LogP contribution in [0.2, 0.25) is 0 Å². The second kappa shape index (κ2) is 7.84. The number of halogens is 1.